The molecule has 4 heteroatoms. The molecule has 2 aliphatic rings. The highest BCUT2D eigenvalue weighted by Gasteiger charge is 2.44. The maximum atomic E-state index is 5.92. The number of fused-ring (bicyclic) bond motifs is 2. The van der Waals surface area contributed by atoms with Gasteiger partial charge in [-0.1, -0.05) is 17.5 Å². The molecular weight excluding hydrogens is 338 g/mol. The number of benzene rings is 1. The van der Waals surface area contributed by atoms with Crippen LogP contribution in [0.5, 0.6) is 5.75 Å². The highest BCUT2D eigenvalue weighted by atomic mass is 79.9. The highest BCUT2D eigenvalue weighted by Crippen LogP contribution is 2.41. The van der Waals surface area contributed by atoms with Crippen LogP contribution in [0.25, 0.3) is 0 Å². The maximum Gasteiger partial charge on any atom is 0.133 e. The van der Waals surface area contributed by atoms with E-state index >= 15 is 0 Å². The Morgan fingerprint density at radius 1 is 1.45 bits per heavy atom. The lowest BCUT2D eigenvalue weighted by Crippen LogP contribution is -2.42. The zero-order chi connectivity index (χ0) is 14.1. The molecule has 0 unspecified atom stereocenters. The number of ether oxygens (including phenoxy) is 1. The van der Waals surface area contributed by atoms with E-state index in [-0.39, 0.29) is 0 Å². The minimum absolute atomic E-state index is 0.311. The van der Waals surface area contributed by atoms with Crippen LogP contribution in [-0.2, 0) is 0 Å². The Labute approximate surface area is 133 Å². The largest absolute Gasteiger partial charge is 0.491 e. The van der Waals surface area contributed by atoms with Crippen molar-refractivity contribution < 1.29 is 4.74 Å². The van der Waals surface area contributed by atoms with Crippen molar-refractivity contribution in [3.8, 4) is 18.1 Å². The van der Waals surface area contributed by atoms with Crippen LogP contribution in [0, 0.1) is 18.3 Å². The third-order valence-corrected chi connectivity index (χ3v) is 5.24. The van der Waals surface area contributed by atoms with Crippen molar-refractivity contribution in [3.05, 3.63) is 27.7 Å². The quantitative estimate of drug-likeness (QED) is 0.759. The van der Waals surface area contributed by atoms with Gasteiger partial charge in [-0.2, -0.15) is 0 Å². The third kappa shape index (κ3) is 2.70. The van der Waals surface area contributed by atoms with E-state index in [1.54, 1.807) is 0 Å². The monoisotopic (exact) mass is 353 g/mol. The second-order valence-electron chi connectivity index (χ2n) is 5.50. The smallest absolute Gasteiger partial charge is 0.133 e. The minimum Gasteiger partial charge on any atom is -0.491 e. The first-order valence-electron chi connectivity index (χ1n) is 6.99. The van der Waals surface area contributed by atoms with Gasteiger partial charge in [-0.25, -0.2) is 0 Å². The highest BCUT2D eigenvalue weighted by molar-refractivity contribution is 9.10. The van der Waals surface area contributed by atoms with E-state index in [9.17, 15) is 0 Å². The molecule has 3 atom stereocenters. The van der Waals surface area contributed by atoms with E-state index < -0.39 is 0 Å². The van der Waals surface area contributed by atoms with Gasteiger partial charge >= 0.3 is 0 Å². The minimum atomic E-state index is 0.311. The Bertz CT molecular complexity index is 542. The Balaban J connectivity index is 1.56. The van der Waals surface area contributed by atoms with E-state index in [1.807, 2.05) is 18.2 Å². The summed E-state index contributed by atoms with van der Waals surface area (Å²) in [6.45, 7) is 1.55. The predicted molar refractivity (Wildman–Crippen MR) is 85.1 cm³/mol. The standard InChI is InChI=1S/C16H17BrClNO/c1-2-15-11-3-5-13(9-11)19(15)7-8-20-16-6-4-12(18)10-14(16)17/h1,4,6,10-11,13,15H,3,5,7-9H2/t11-,13+,15+/m0/s1. The topological polar surface area (TPSA) is 12.5 Å². The summed E-state index contributed by atoms with van der Waals surface area (Å²) < 4.78 is 6.73. The zero-order valence-corrected chi connectivity index (χ0v) is 13.5. The van der Waals surface area contributed by atoms with Gasteiger partial charge in [0, 0.05) is 17.6 Å². The van der Waals surface area contributed by atoms with Crippen molar-refractivity contribution in [1.29, 1.82) is 0 Å². The summed E-state index contributed by atoms with van der Waals surface area (Å²) in [5, 5.41) is 0.702. The van der Waals surface area contributed by atoms with Crippen LogP contribution < -0.4 is 4.74 Å². The second kappa shape index (κ2) is 5.97. The summed E-state index contributed by atoms with van der Waals surface area (Å²) in [7, 11) is 0. The number of piperidine rings is 1. The molecule has 1 saturated carbocycles. The molecule has 0 radical (unpaired) electrons. The second-order valence-corrected chi connectivity index (χ2v) is 6.79. The molecule has 1 aliphatic carbocycles. The molecule has 106 valence electrons. The molecule has 2 fully saturated rings. The SMILES string of the molecule is C#C[C@@H]1[C@H]2CC[C@H](C2)N1CCOc1ccc(Cl)cc1Br. The van der Waals surface area contributed by atoms with Crippen LogP contribution in [0.4, 0.5) is 0 Å². The number of nitrogens with zero attached hydrogens (tertiary/aromatic N) is 1. The molecule has 2 nitrogen and oxygen atoms in total. The van der Waals surface area contributed by atoms with E-state index in [4.69, 9.17) is 22.8 Å². The van der Waals surface area contributed by atoms with Crippen LogP contribution in [0.15, 0.2) is 22.7 Å². The molecule has 1 saturated heterocycles. The Hall–Kier alpha value is -0.690. The van der Waals surface area contributed by atoms with Gasteiger partial charge in [-0.05, 0) is 59.3 Å². The zero-order valence-electron chi connectivity index (χ0n) is 11.2. The molecule has 1 aromatic rings. The first-order valence-corrected chi connectivity index (χ1v) is 8.16. The van der Waals surface area contributed by atoms with E-state index in [1.165, 1.54) is 19.3 Å². The lowest BCUT2D eigenvalue weighted by molar-refractivity contribution is 0.143. The van der Waals surface area contributed by atoms with Gasteiger partial charge in [0.2, 0.25) is 0 Å². The van der Waals surface area contributed by atoms with Gasteiger partial charge < -0.3 is 4.74 Å². The van der Waals surface area contributed by atoms with Crippen LogP contribution in [-0.4, -0.2) is 30.1 Å². The fourth-order valence-electron chi connectivity index (χ4n) is 3.48. The van der Waals surface area contributed by atoms with Gasteiger partial charge in [-0.15, -0.1) is 6.42 Å². The Morgan fingerprint density at radius 2 is 2.30 bits per heavy atom. The number of hydrogen-bond acceptors (Lipinski definition) is 2. The fourth-order valence-corrected chi connectivity index (χ4v) is 4.28. The summed E-state index contributed by atoms with van der Waals surface area (Å²) in [6, 6.07) is 6.55. The van der Waals surface area contributed by atoms with Crippen LogP contribution in [0.3, 0.4) is 0 Å². The summed E-state index contributed by atoms with van der Waals surface area (Å²) in [5.74, 6) is 4.49. The first-order chi connectivity index (χ1) is 9.69. The van der Waals surface area contributed by atoms with Crippen molar-refractivity contribution in [1.82, 2.24) is 4.90 Å². The van der Waals surface area contributed by atoms with Crippen molar-refractivity contribution in [2.24, 2.45) is 5.92 Å². The van der Waals surface area contributed by atoms with E-state index in [0.29, 0.717) is 29.6 Å². The number of halogens is 2. The van der Waals surface area contributed by atoms with Crippen molar-refractivity contribution in [2.45, 2.75) is 31.3 Å². The summed E-state index contributed by atoms with van der Waals surface area (Å²) in [4.78, 5) is 2.44. The molecule has 2 bridgehead atoms. The number of terminal acetylenes is 1. The van der Waals surface area contributed by atoms with Gasteiger partial charge in [0.05, 0.1) is 10.5 Å². The van der Waals surface area contributed by atoms with Crippen molar-refractivity contribution in [2.75, 3.05) is 13.2 Å². The molecule has 0 N–H and O–H groups in total. The molecule has 1 aromatic carbocycles. The van der Waals surface area contributed by atoms with Crippen molar-refractivity contribution in [3.63, 3.8) is 0 Å². The fraction of sp³-hybridized carbons (Fsp3) is 0.500. The van der Waals surface area contributed by atoms with E-state index in [2.05, 4.69) is 26.8 Å². The predicted octanol–water partition coefficient (Wildman–Crippen LogP) is 3.97. The molecule has 0 aromatic heterocycles. The lowest BCUT2D eigenvalue weighted by atomic mass is 9.99. The number of hydrogen-bond donors (Lipinski definition) is 0. The average Bonchev–Trinajstić information content (AvgIpc) is 3.01. The molecule has 3 rings (SSSR count). The van der Waals surface area contributed by atoms with Gasteiger partial charge in [0.1, 0.15) is 12.4 Å². The molecule has 0 spiro atoms. The van der Waals surface area contributed by atoms with Crippen LogP contribution >= 0.6 is 27.5 Å². The third-order valence-electron chi connectivity index (χ3n) is 4.39. The number of rotatable bonds is 4. The lowest BCUT2D eigenvalue weighted by Gasteiger charge is -2.31. The molecule has 0 amide bonds. The summed E-state index contributed by atoms with van der Waals surface area (Å²) in [6.07, 6.45) is 9.52. The van der Waals surface area contributed by atoms with Crippen molar-refractivity contribution >= 4 is 27.5 Å². The Morgan fingerprint density at radius 3 is 3.05 bits per heavy atom. The Kier molecular flexibility index (Phi) is 4.26. The summed E-state index contributed by atoms with van der Waals surface area (Å²) >= 11 is 9.38. The number of likely N-dealkylation sites (tertiary alicyclic amines) is 1. The molecular formula is C16H17BrClNO. The van der Waals surface area contributed by atoms with Crippen LogP contribution in [0.1, 0.15) is 19.3 Å². The van der Waals surface area contributed by atoms with Crippen LogP contribution in [0.2, 0.25) is 5.02 Å². The molecule has 1 aliphatic heterocycles. The normalized spacial score (nSPS) is 28.6. The molecule has 1 heterocycles. The average molecular weight is 355 g/mol. The van der Waals surface area contributed by atoms with Gasteiger partial charge in [0.15, 0.2) is 0 Å². The maximum absolute atomic E-state index is 5.92. The molecule has 20 heavy (non-hydrogen) atoms. The first kappa shape index (κ1) is 14.3. The summed E-state index contributed by atoms with van der Waals surface area (Å²) in [5.41, 5.74) is 0. The van der Waals surface area contributed by atoms with Gasteiger partial charge in [0.25, 0.3) is 0 Å². The van der Waals surface area contributed by atoms with E-state index in [0.717, 1.165) is 16.8 Å². The van der Waals surface area contributed by atoms with Gasteiger partial charge in [-0.3, -0.25) is 4.90 Å².